The first-order valence-electron chi connectivity index (χ1n) is 6.71. The van der Waals surface area contributed by atoms with E-state index in [1.807, 2.05) is 11.8 Å². The van der Waals surface area contributed by atoms with Gasteiger partial charge in [0.15, 0.2) is 0 Å². The molecule has 0 rings (SSSR count). The number of thioether (sulfide) groups is 1. The number of unbranched alkanes of at least 4 members (excludes halogenated alkanes) is 6. The van der Waals surface area contributed by atoms with Crippen molar-refractivity contribution in [2.45, 2.75) is 65.2 Å². The van der Waals surface area contributed by atoms with Gasteiger partial charge < -0.3 is 5.32 Å². The molecule has 0 aliphatic rings. The minimum atomic E-state index is 0. The SMILES string of the molecule is CCCCCCNC(=S)SCCCCCC.[NaH]. The van der Waals surface area contributed by atoms with E-state index in [1.54, 1.807) is 0 Å². The maximum absolute atomic E-state index is 5.26. The first-order chi connectivity index (χ1) is 7.81. The third-order valence-corrected chi connectivity index (χ3v) is 3.93. The predicted molar refractivity (Wildman–Crippen MR) is 88.5 cm³/mol. The molecule has 0 aliphatic heterocycles. The molecule has 17 heavy (non-hydrogen) atoms. The van der Waals surface area contributed by atoms with Gasteiger partial charge in [-0.05, 0) is 12.8 Å². The van der Waals surface area contributed by atoms with E-state index in [-0.39, 0.29) is 29.6 Å². The third-order valence-electron chi connectivity index (χ3n) is 2.53. The molecule has 0 spiro atoms. The molecular formula is C13H28NNaS2. The van der Waals surface area contributed by atoms with E-state index in [2.05, 4.69) is 19.2 Å². The Morgan fingerprint density at radius 2 is 1.53 bits per heavy atom. The number of thiocarbonyl (C=S) groups is 1. The molecule has 0 amide bonds. The van der Waals surface area contributed by atoms with E-state index in [4.69, 9.17) is 12.2 Å². The molecule has 0 saturated carbocycles. The quantitative estimate of drug-likeness (QED) is 0.368. The molecule has 0 unspecified atom stereocenters. The van der Waals surface area contributed by atoms with Crippen molar-refractivity contribution in [3.8, 4) is 0 Å². The number of rotatable bonds is 10. The van der Waals surface area contributed by atoms with E-state index in [9.17, 15) is 0 Å². The standard InChI is InChI=1S/C13H27NS2.Na.H/c1-3-5-7-9-11-14-13(15)16-12-10-8-6-4-2;;/h3-12H2,1-2H3,(H,14,15);;. The summed E-state index contributed by atoms with van der Waals surface area (Å²) in [6, 6.07) is 0. The van der Waals surface area contributed by atoms with E-state index in [1.165, 1.54) is 57.1 Å². The molecule has 0 aromatic heterocycles. The van der Waals surface area contributed by atoms with Gasteiger partial charge in [-0.1, -0.05) is 76.4 Å². The van der Waals surface area contributed by atoms with Gasteiger partial charge in [-0.2, -0.15) is 0 Å². The fourth-order valence-electron chi connectivity index (χ4n) is 1.49. The van der Waals surface area contributed by atoms with Crippen LogP contribution >= 0.6 is 24.0 Å². The molecule has 98 valence electrons. The fourth-order valence-corrected chi connectivity index (χ4v) is 2.58. The van der Waals surface area contributed by atoms with Crippen molar-refractivity contribution in [1.82, 2.24) is 5.32 Å². The summed E-state index contributed by atoms with van der Waals surface area (Å²) in [6.45, 7) is 5.54. The van der Waals surface area contributed by atoms with Crippen LogP contribution in [0.15, 0.2) is 0 Å². The molecule has 0 aromatic rings. The Labute approximate surface area is 140 Å². The van der Waals surface area contributed by atoms with Gasteiger partial charge in [0.1, 0.15) is 4.32 Å². The average Bonchev–Trinajstić information content (AvgIpc) is 2.28. The van der Waals surface area contributed by atoms with Gasteiger partial charge in [0.2, 0.25) is 0 Å². The van der Waals surface area contributed by atoms with Crippen LogP contribution < -0.4 is 5.32 Å². The molecule has 1 N–H and O–H groups in total. The van der Waals surface area contributed by atoms with Crippen molar-refractivity contribution in [1.29, 1.82) is 0 Å². The maximum atomic E-state index is 5.26. The Morgan fingerprint density at radius 1 is 0.941 bits per heavy atom. The van der Waals surface area contributed by atoms with Crippen LogP contribution in [-0.2, 0) is 0 Å². The van der Waals surface area contributed by atoms with Crippen molar-refractivity contribution in [3.05, 3.63) is 0 Å². The van der Waals surface area contributed by atoms with E-state index >= 15 is 0 Å². The molecule has 0 radical (unpaired) electrons. The molecule has 0 aromatic carbocycles. The van der Waals surface area contributed by atoms with Gasteiger partial charge in [-0.25, -0.2) is 0 Å². The van der Waals surface area contributed by atoms with Gasteiger partial charge in [0, 0.05) is 12.3 Å². The second-order valence-corrected chi connectivity index (χ2v) is 5.96. The minimum absolute atomic E-state index is 0. The summed E-state index contributed by atoms with van der Waals surface area (Å²) < 4.78 is 0.994. The van der Waals surface area contributed by atoms with Crippen LogP contribution in [0.25, 0.3) is 0 Å². The van der Waals surface area contributed by atoms with Crippen molar-refractivity contribution >= 4 is 57.9 Å². The van der Waals surface area contributed by atoms with Crippen LogP contribution in [0.3, 0.4) is 0 Å². The van der Waals surface area contributed by atoms with Crippen molar-refractivity contribution < 1.29 is 0 Å². The van der Waals surface area contributed by atoms with Crippen LogP contribution in [0.1, 0.15) is 65.2 Å². The summed E-state index contributed by atoms with van der Waals surface area (Å²) in [4.78, 5) is 0. The molecule has 0 atom stereocenters. The molecule has 1 nitrogen and oxygen atoms in total. The van der Waals surface area contributed by atoms with Crippen LogP contribution in [0.2, 0.25) is 0 Å². The Hall–Kier alpha value is 1.24. The van der Waals surface area contributed by atoms with Crippen LogP contribution in [-0.4, -0.2) is 46.2 Å². The van der Waals surface area contributed by atoms with Crippen LogP contribution in [0, 0.1) is 0 Å². The van der Waals surface area contributed by atoms with Crippen LogP contribution in [0.5, 0.6) is 0 Å². The first-order valence-corrected chi connectivity index (χ1v) is 8.11. The van der Waals surface area contributed by atoms with E-state index < -0.39 is 0 Å². The van der Waals surface area contributed by atoms with Gasteiger partial charge >= 0.3 is 29.6 Å². The zero-order chi connectivity index (χ0) is 12.1. The second-order valence-electron chi connectivity index (χ2n) is 4.18. The zero-order valence-corrected chi connectivity index (χ0v) is 12.5. The van der Waals surface area contributed by atoms with Gasteiger partial charge in [-0.15, -0.1) is 0 Å². The predicted octanol–water partition coefficient (Wildman–Crippen LogP) is 4.11. The van der Waals surface area contributed by atoms with Crippen LogP contribution in [0.4, 0.5) is 0 Å². The molecule has 0 fully saturated rings. The number of hydrogen-bond acceptors (Lipinski definition) is 2. The van der Waals surface area contributed by atoms with Gasteiger partial charge in [-0.3, -0.25) is 0 Å². The van der Waals surface area contributed by atoms with Gasteiger partial charge in [0.25, 0.3) is 0 Å². The summed E-state index contributed by atoms with van der Waals surface area (Å²) in [5, 5.41) is 3.33. The summed E-state index contributed by atoms with van der Waals surface area (Å²) in [7, 11) is 0. The molecule has 0 heterocycles. The topological polar surface area (TPSA) is 12.0 Å². The second kappa shape index (κ2) is 17.2. The van der Waals surface area contributed by atoms with Crippen molar-refractivity contribution in [3.63, 3.8) is 0 Å². The Bertz CT molecular complexity index is 149. The molecular weight excluding hydrogens is 257 g/mol. The summed E-state index contributed by atoms with van der Waals surface area (Å²) in [5.41, 5.74) is 0. The Kier molecular flexibility index (Phi) is 20.8. The fraction of sp³-hybridized carbons (Fsp3) is 0.923. The van der Waals surface area contributed by atoms with Crippen molar-refractivity contribution in [2.75, 3.05) is 12.3 Å². The molecule has 0 bridgehead atoms. The Morgan fingerprint density at radius 3 is 2.12 bits per heavy atom. The Balaban J connectivity index is 0. The van der Waals surface area contributed by atoms with E-state index in [0.717, 1.165) is 10.9 Å². The normalized spacial score (nSPS) is 9.76. The van der Waals surface area contributed by atoms with Gasteiger partial charge in [0.05, 0.1) is 0 Å². The molecule has 0 saturated heterocycles. The average molecular weight is 285 g/mol. The summed E-state index contributed by atoms with van der Waals surface area (Å²) in [5.74, 6) is 1.18. The summed E-state index contributed by atoms with van der Waals surface area (Å²) >= 11 is 7.07. The molecule has 4 heteroatoms. The number of nitrogens with one attached hydrogen (secondary N) is 1. The number of hydrogen-bond donors (Lipinski definition) is 1. The third kappa shape index (κ3) is 17.2. The zero-order valence-electron chi connectivity index (χ0n) is 10.9. The molecule has 0 aliphatic carbocycles. The van der Waals surface area contributed by atoms with Crippen molar-refractivity contribution in [2.24, 2.45) is 0 Å². The van der Waals surface area contributed by atoms with E-state index in [0.29, 0.717) is 0 Å². The monoisotopic (exact) mass is 285 g/mol. The first kappa shape index (κ1) is 20.6. The summed E-state index contributed by atoms with van der Waals surface area (Å²) in [6.07, 6.45) is 10.5.